The first kappa shape index (κ1) is 66.0. The number of carboxylic acids is 2. The standard InChI is InChI=1S/2C33H55ClN8O2.CH2O.Cu/c2*34-15-13-22-24(23(14-15)33(43)44)32-41-30-21-12-6-5-11-20(21)28(39-30)37-26-17-8-2-1-7-16(17)25(35-26)36-27-18-9-3-4-10-19(18)29(38-27)40-31(22)42-32;1-2;/h2*15-32,35-42H,1-14H2,(H,43,44);1H2;/q;;;+2/p-2. The number of aliphatic carboxylic acids is 2. The molecule has 18 rings (SSSR count). The molecule has 21 nitrogen and oxygen atoms in total. The van der Waals surface area contributed by atoms with Crippen molar-refractivity contribution in [1.82, 2.24) is 85.1 Å². The molecule has 0 spiro atoms. The van der Waals surface area contributed by atoms with Gasteiger partial charge >= 0.3 is 17.1 Å². The van der Waals surface area contributed by atoms with Gasteiger partial charge in [0.05, 0.1) is 98.7 Å². The van der Waals surface area contributed by atoms with Crippen molar-refractivity contribution in [3.05, 3.63) is 0 Å². The van der Waals surface area contributed by atoms with Crippen LogP contribution < -0.4 is 95.3 Å². The Bertz CT molecular complexity index is 2370. The van der Waals surface area contributed by atoms with Gasteiger partial charge in [-0.05, 0) is 186 Å². The van der Waals surface area contributed by atoms with Gasteiger partial charge in [0.15, 0.2) is 0 Å². The van der Waals surface area contributed by atoms with E-state index in [1.54, 1.807) is 0 Å². The van der Waals surface area contributed by atoms with Crippen LogP contribution in [0, 0.1) is 107 Å². The number of nitrogens with one attached hydrogen (secondary N) is 16. The Hall–Kier alpha value is -0.931. The van der Waals surface area contributed by atoms with Gasteiger partial charge in [-0.1, -0.05) is 77.0 Å². The van der Waals surface area contributed by atoms with Gasteiger partial charge in [0.25, 0.3) is 0 Å². The third-order valence-corrected chi connectivity index (χ3v) is 29.1. The number of carbonyl (C=O) groups excluding carboxylic acids is 3. The fourth-order valence-electron chi connectivity index (χ4n) is 24.6. The van der Waals surface area contributed by atoms with Crippen molar-refractivity contribution in [3.63, 3.8) is 0 Å². The molecule has 91 heavy (non-hydrogen) atoms. The topological polar surface area (TPSA) is 290 Å². The zero-order valence-corrected chi connectivity index (χ0v) is 55.8. The molecule has 0 amide bonds. The normalized spacial score (nSPS) is 54.9. The van der Waals surface area contributed by atoms with Crippen LogP contribution in [-0.2, 0) is 31.5 Å². The predicted molar refractivity (Wildman–Crippen MR) is 339 cm³/mol. The van der Waals surface area contributed by atoms with Gasteiger partial charge in [-0.15, -0.1) is 23.2 Å². The zero-order valence-electron chi connectivity index (χ0n) is 53.4. The summed E-state index contributed by atoms with van der Waals surface area (Å²) in [6.07, 6.45) is 36.2. The summed E-state index contributed by atoms with van der Waals surface area (Å²) < 4.78 is 0. The molecular formula is C67H110Cl2CuN16O5. The molecule has 0 aromatic rings. The Morgan fingerprint density at radius 2 is 0.396 bits per heavy atom. The Balaban J connectivity index is 0.000000146. The third kappa shape index (κ3) is 12.4. The van der Waals surface area contributed by atoms with Crippen molar-refractivity contribution in [2.24, 2.45) is 107 Å². The Morgan fingerprint density at radius 1 is 0.253 bits per heavy atom. The van der Waals surface area contributed by atoms with Crippen LogP contribution in [0.25, 0.3) is 0 Å². The predicted octanol–water partition coefficient (Wildman–Crippen LogP) is 1.41. The van der Waals surface area contributed by atoms with Crippen LogP contribution in [0.1, 0.15) is 180 Å². The number of fused-ring (bicyclic) bond motifs is 40. The van der Waals surface area contributed by atoms with Crippen molar-refractivity contribution >= 4 is 41.9 Å². The van der Waals surface area contributed by atoms with Gasteiger partial charge in [-0.3, -0.25) is 85.1 Å². The Labute approximate surface area is 561 Å². The summed E-state index contributed by atoms with van der Waals surface area (Å²) in [5.74, 6) is 4.34. The average molecular weight is 1350 g/mol. The summed E-state index contributed by atoms with van der Waals surface area (Å²) in [6, 6.07) is 0. The molecule has 0 aromatic heterocycles. The Morgan fingerprint density at radius 3 is 0.549 bits per heavy atom. The number of alkyl halides is 2. The van der Waals surface area contributed by atoms with E-state index in [9.17, 15) is 19.8 Å². The minimum Gasteiger partial charge on any atom is -0.550 e. The minimum atomic E-state index is -0.945. The van der Waals surface area contributed by atoms with Crippen LogP contribution in [0.5, 0.6) is 0 Å². The van der Waals surface area contributed by atoms with Crippen molar-refractivity contribution in [1.29, 1.82) is 0 Å². The molecule has 10 aliphatic heterocycles. The van der Waals surface area contributed by atoms with Gasteiger partial charge < -0.3 is 24.6 Å². The molecule has 16 bridgehead atoms. The molecular weight excluding hydrogens is 1240 g/mol. The summed E-state index contributed by atoms with van der Waals surface area (Å²) in [7, 11) is 0. The van der Waals surface area contributed by atoms with E-state index in [0.29, 0.717) is 109 Å². The molecule has 513 valence electrons. The first-order chi connectivity index (χ1) is 44.0. The maximum Gasteiger partial charge on any atom is 2.00 e. The van der Waals surface area contributed by atoms with Crippen LogP contribution in [0.2, 0.25) is 0 Å². The number of halogens is 2. The van der Waals surface area contributed by atoms with Crippen LogP contribution in [0.4, 0.5) is 0 Å². The quantitative estimate of drug-likeness (QED) is 0.137. The van der Waals surface area contributed by atoms with Crippen molar-refractivity contribution in [3.8, 4) is 0 Å². The van der Waals surface area contributed by atoms with Gasteiger partial charge in [-0.2, -0.15) is 0 Å². The van der Waals surface area contributed by atoms with E-state index in [2.05, 4.69) is 85.1 Å². The van der Waals surface area contributed by atoms with E-state index < -0.39 is 23.8 Å². The second kappa shape index (κ2) is 28.0. The monoisotopic (exact) mass is 1350 g/mol. The fraction of sp³-hybridized carbons (Fsp3) is 0.955. The fourth-order valence-corrected chi connectivity index (χ4v) is 25.4. The van der Waals surface area contributed by atoms with Crippen LogP contribution in [-0.4, -0.2) is 128 Å². The molecule has 10 heterocycles. The van der Waals surface area contributed by atoms with Crippen molar-refractivity contribution in [2.75, 3.05) is 0 Å². The summed E-state index contributed by atoms with van der Waals surface area (Å²) in [5.41, 5.74) is 0. The summed E-state index contributed by atoms with van der Waals surface area (Å²) >= 11 is 13.6. The first-order valence-corrected chi connectivity index (χ1v) is 38.1. The van der Waals surface area contributed by atoms with E-state index >= 15 is 0 Å². The van der Waals surface area contributed by atoms with Crippen molar-refractivity contribution < 1.29 is 41.7 Å². The second-order valence-electron chi connectivity index (χ2n) is 32.5. The van der Waals surface area contributed by atoms with E-state index in [1.165, 1.54) is 154 Å². The molecule has 16 N–H and O–H groups in total. The number of hydrogen-bond acceptors (Lipinski definition) is 21. The molecule has 8 aliphatic carbocycles. The SMILES string of the molecule is C=O.O=C([O-])C1CC(Cl)CC2C3NC4NC(NC5NC(NC6NC(NC(N3)C12)C1CCCCC61)C1CCCCC51)C1CCCCC41.O=C([O-])C1CC(Cl)CC2C3NC4NC(NC5NC(NC6NC(NC(N3)C12)C1CCCCC61)C1CCCCC51)C1CCCCC41.[Cu+2]. The molecule has 18 fully saturated rings. The minimum absolute atomic E-state index is 0. The number of hydrogen-bond donors (Lipinski definition) is 16. The smallest absolute Gasteiger partial charge is 0.550 e. The average Bonchev–Trinajstić information content (AvgIpc) is 1.63. The van der Waals surface area contributed by atoms with E-state index in [0.717, 1.165) is 12.8 Å². The molecule has 24 heteroatoms. The number of carbonyl (C=O) groups is 3. The van der Waals surface area contributed by atoms with E-state index in [-0.39, 0.29) is 125 Å². The molecule has 10 saturated heterocycles. The molecule has 0 aromatic carbocycles. The van der Waals surface area contributed by atoms with E-state index in [4.69, 9.17) is 28.0 Å². The maximum atomic E-state index is 12.6. The van der Waals surface area contributed by atoms with Gasteiger partial charge in [-0.25, -0.2) is 0 Å². The third-order valence-electron chi connectivity index (χ3n) is 28.4. The Kier molecular flexibility index (Phi) is 20.3. The second-order valence-corrected chi connectivity index (χ2v) is 33.7. The van der Waals surface area contributed by atoms with Gasteiger partial charge in [0.2, 0.25) is 0 Å². The molecule has 1 radical (unpaired) electrons. The zero-order chi connectivity index (χ0) is 61.1. The molecule has 8 saturated carbocycles. The molecule has 18 aliphatic rings. The van der Waals surface area contributed by atoms with Crippen LogP contribution in [0.15, 0.2) is 0 Å². The molecule has 36 atom stereocenters. The first-order valence-electron chi connectivity index (χ1n) is 37.2. The van der Waals surface area contributed by atoms with E-state index in [1.807, 2.05) is 6.79 Å². The number of rotatable bonds is 2. The van der Waals surface area contributed by atoms with Crippen LogP contribution in [0.3, 0.4) is 0 Å². The summed E-state index contributed by atoms with van der Waals surface area (Å²) in [5, 5.41) is 90.2. The summed E-state index contributed by atoms with van der Waals surface area (Å²) in [4.78, 5) is 33.2. The number of carboxylic acid groups (broad SMARTS) is 2. The maximum absolute atomic E-state index is 12.6. The van der Waals surface area contributed by atoms with Crippen LogP contribution >= 0.6 is 23.2 Å². The van der Waals surface area contributed by atoms with Gasteiger partial charge in [0.1, 0.15) is 6.79 Å². The van der Waals surface area contributed by atoms with Gasteiger partial charge in [0, 0.05) is 46.4 Å². The summed E-state index contributed by atoms with van der Waals surface area (Å²) in [6.45, 7) is 2.00. The van der Waals surface area contributed by atoms with Crippen molar-refractivity contribution in [2.45, 2.75) is 289 Å². The molecule has 36 unspecified atom stereocenters. The largest absolute Gasteiger partial charge is 2.00 e.